The van der Waals surface area contributed by atoms with Crippen LogP contribution in [0.3, 0.4) is 0 Å². The molecule has 0 aliphatic heterocycles. The van der Waals surface area contributed by atoms with Crippen LogP contribution in [-0.2, 0) is 14.9 Å². The largest absolute Gasteiger partial charge is 0.490 e. The zero-order valence-electron chi connectivity index (χ0n) is 19.5. The number of methoxy groups -OCH3 is 1. The molecule has 0 fully saturated rings. The third-order valence-corrected chi connectivity index (χ3v) is 5.91. The maximum atomic E-state index is 13.3. The number of hydrogen-bond donors (Lipinski definition) is 0. The first kappa shape index (κ1) is 25.9. The van der Waals surface area contributed by atoms with E-state index in [0.717, 1.165) is 4.47 Å². The van der Waals surface area contributed by atoms with Crippen LogP contribution < -0.4 is 15.0 Å². The molecule has 0 radical (unpaired) electrons. The van der Waals surface area contributed by atoms with Gasteiger partial charge in [0.15, 0.2) is 18.1 Å². The molecular formula is C24H25Br2N3O5. The predicted octanol–water partition coefficient (Wildman–Crippen LogP) is 5.05. The Bertz CT molecular complexity index is 1310. The smallest absolute Gasteiger partial charge is 0.343 e. The van der Waals surface area contributed by atoms with Gasteiger partial charge in [-0.25, -0.2) is 9.78 Å². The zero-order valence-corrected chi connectivity index (χ0v) is 22.7. The minimum absolute atomic E-state index is 0.251. The molecule has 8 nitrogen and oxygen atoms in total. The SMILES string of the molecule is CCOc1cc(C=Nn2c(C(C)(C)C)nc3ccc(Br)cc3c2=O)c(Br)cc1OCC(=O)OC. The molecular weight excluding hydrogens is 570 g/mol. The number of carbonyl (C=O) groups is 1. The second-order valence-corrected chi connectivity index (χ2v) is 10.1. The van der Waals surface area contributed by atoms with E-state index in [1.807, 2.05) is 39.8 Å². The topological polar surface area (TPSA) is 92.0 Å². The Hall–Kier alpha value is -2.72. The molecule has 0 atom stereocenters. The molecule has 3 aromatic rings. The summed E-state index contributed by atoms with van der Waals surface area (Å²) >= 11 is 6.92. The third-order valence-electron chi connectivity index (χ3n) is 4.73. The molecule has 0 amide bonds. The number of hydrogen-bond acceptors (Lipinski definition) is 7. The van der Waals surface area contributed by atoms with Gasteiger partial charge in [0.1, 0.15) is 5.82 Å². The molecule has 0 bridgehead atoms. The van der Waals surface area contributed by atoms with E-state index in [0.29, 0.717) is 44.9 Å². The summed E-state index contributed by atoms with van der Waals surface area (Å²) in [6.07, 6.45) is 1.55. The van der Waals surface area contributed by atoms with E-state index in [-0.39, 0.29) is 12.2 Å². The fourth-order valence-electron chi connectivity index (χ4n) is 3.09. The second-order valence-electron chi connectivity index (χ2n) is 8.33. The number of carbonyl (C=O) groups excluding carboxylic acids is 1. The Balaban J connectivity index is 2.10. The molecule has 10 heteroatoms. The highest BCUT2D eigenvalue weighted by Gasteiger charge is 2.23. The van der Waals surface area contributed by atoms with Crippen LogP contribution in [0.1, 0.15) is 39.1 Å². The third kappa shape index (κ3) is 5.85. The molecule has 1 heterocycles. The average molecular weight is 595 g/mol. The Morgan fingerprint density at radius 3 is 2.50 bits per heavy atom. The van der Waals surface area contributed by atoms with Gasteiger partial charge in [-0.2, -0.15) is 9.78 Å². The maximum Gasteiger partial charge on any atom is 0.343 e. The summed E-state index contributed by atoms with van der Waals surface area (Å²) in [4.78, 5) is 29.5. The first-order valence-corrected chi connectivity index (χ1v) is 12.1. The van der Waals surface area contributed by atoms with E-state index in [1.54, 1.807) is 24.4 Å². The highest BCUT2D eigenvalue weighted by Crippen LogP contribution is 2.33. The van der Waals surface area contributed by atoms with Gasteiger partial charge >= 0.3 is 5.97 Å². The van der Waals surface area contributed by atoms with Crippen molar-refractivity contribution in [2.24, 2.45) is 5.10 Å². The van der Waals surface area contributed by atoms with Gasteiger partial charge in [0, 0.05) is 19.9 Å². The highest BCUT2D eigenvalue weighted by atomic mass is 79.9. The Labute approximate surface area is 214 Å². The second kappa shape index (κ2) is 10.7. The van der Waals surface area contributed by atoms with Crippen LogP contribution in [0.5, 0.6) is 11.5 Å². The fourth-order valence-corrected chi connectivity index (χ4v) is 3.87. The molecule has 0 aliphatic rings. The van der Waals surface area contributed by atoms with Crippen molar-refractivity contribution in [1.82, 2.24) is 9.66 Å². The van der Waals surface area contributed by atoms with Crippen molar-refractivity contribution < 1.29 is 19.0 Å². The lowest BCUT2D eigenvalue weighted by Gasteiger charge is -2.21. The summed E-state index contributed by atoms with van der Waals surface area (Å²) in [6, 6.07) is 8.79. The van der Waals surface area contributed by atoms with E-state index in [1.165, 1.54) is 11.8 Å². The predicted molar refractivity (Wildman–Crippen MR) is 138 cm³/mol. The molecule has 1 aromatic heterocycles. The minimum Gasteiger partial charge on any atom is -0.490 e. The van der Waals surface area contributed by atoms with Gasteiger partial charge in [-0.15, -0.1) is 0 Å². The first-order chi connectivity index (χ1) is 16.0. The summed E-state index contributed by atoms with van der Waals surface area (Å²) in [5, 5.41) is 4.96. The first-order valence-electron chi connectivity index (χ1n) is 10.5. The molecule has 0 unspecified atom stereocenters. The molecule has 0 aliphatic carbocycles. The van der Waals surface area contributed by atoms with E-state index in [9.17, 15) is 9.59 Å². The van der Waals surface area contributed by atoms with Crippen LogP contribution >= 0.6 is 31.9 Å². The van der Waals surface area contributed by atoms with Gasteiger partial charge in [-0.1, -0.05) is 36.7 Å². The Kier molecular flexibility index (Phi) is 8.14. The van der Waals surface area contributed by atoms with Crippen molar-refractivity contribution in [3.8, 4) is 11.5 Å². The van der Waals surface area contributed by atoms with Crippen LogP contribution in [0.4, 0.5) is 0 Å². The van der Waals surface area contributed by atoms with Gasteiger partial charge in [0.05, 0.1) is 30.8 Å². The monoisotopic (exact) mass is 593 g/mol. The van der Waals surface area contributed by atoms with Gasteiger partial charge in [-0.3, -0.25) is 4.79 Å². The lowest BCUT2D eigenvalue weighted by Crippen LogP contribution is -2.29. The molecule has 3 rings (SSSR count). The number of benzene rings is 2. The van der Waals surface area contributed by atoms with Crippen LogP contribution in [-0.4, -0.2) is 42.2 Å². The summed E-state index contributed by atoms with van der Waals surface area (Å²) in [5.74, 6) is 0.831. The number of fused-ring (bicyclic) bond motifs is 1. The van der Waals surface area contributed by atoms with Crippen molar-refractivity contribution in [3.63, 3.8) is 0 Å². The molecule has 0 N–H and O–H groups in total. The van der Waals surface area contributed by atoms with Gasteiger partial charge in [0.25, 0.3) is 5.56 Å². The van der Waals surface area contributed by atoms with Crippen LogP contribution in [0.2, 0.25) is 0 Å². The number of nitrogens with zero attached hydrogens (tertiary/aromatic N) is 3. The van der Waals surface area contributed by atoms with Crippen LogP contribution in [0.25, 0.3) is 10.9 Å². The average Bonchev–Trinajstić information content (AvgIpc) is 2.78. The minimum atomic E-state index is -0.506. The summed E-state index contributed by atoms with van der Waals surface area (Å²) in [5.41, 5.74) is 0.551. The number of aromatic nitrogens is 2. The summed E-state index contributed by atoms with van der Waals surface area (Å²) in [6.45, 7) is 7.91. The van der Waals surface area contributed by atoms with Crippen molar-refractivity contribution >= 4 is 54.9 Å². The summed E-state index contributed by atoms with van der Waals surface area (Å²) < 4.78 is 18.6. The van der Waals surface area contributed by atoms with Crippen LogP contribution in [0, 0.1) is 0 Å². The van der Waals surface area contributed by atoms with Crippen molar-refractivity contribution in [2.45, 2.75) is 33.1 Å². The van der Waals surface area contributed by atoms with E-state index in [4.69, 9.17) is 14.5 Å². The van der Waals surface area contributed by atoms with Crippen molar-refractivity contribution in [2.75, 3.05) is 20.3 Å². The van der Waals surface area contributed by atoms with Crippen molar-refractivity contribution in [3.05, 3.63) is 61.0 Å². The lowest BCUT2D eigenvalue weighted by molar-refractivity contribution is -0.142. The van der Waals surface area contributed by atoms with E-state index < -0.39 is 11.4 Å². The summed E-state index contributed by atoms with van der Waals surface area (Å²) in [7, 11) is 1.29. The van der Waals surface area contributed by atoms with E-state index in [2.05, 4.69) is 41.7 Å². The molecule has 0 saturated heterocycles. The Morgan fingerprint density at radius 1 is 1.15 bits per heavy atom. The standard InChI is InChI=1S/C24H25Br2N3O5/c1-6-33-19-9-14(17(26)11-20(19)34-13-21(30)32-5)12-27-29-22(31)16-10-15(25)7-8-18(16)28-23(29)24(2,3)4/h7-12H,6,13H2,1-5H3. The molecule has 34 heavy (non-hydrogen) atoms. The number of esters is 1. The molecule has 0 spiro atoms. The van der Waals surface area contributed by atoms with Gasteiger partial charge in [-0.05, 0) is 53.2 Å². The number of ether oxygens (including phenoxy) is 3. The number of rotatable bonds is 7. The lowest BCUT2D eigenvalue weighted by atomic mass is 9.95. The molecule has 180 valence electrons. The van der Waals surface area contributed by atoms with E-state index >= 15 is 0 Å². The Morgan fingerprint density at radius 2 is 1.85 bits per heavy atom. The quantitative estimate of drug-likeness (QED) is 0.281. The highest BCUT2D eigenvalue weighted by molar-refractivity contribution is 9.10. The normalized spacial score (nSPS) is 11.7. The molecule has 2 aromatic carbocycles. The van der Waals surface area contributed by atoms with Crippen LogP contribution in [0.15, 0.2) is 49.2 Å². The number of halogens is 2. The van der Waals surface area contributed by atoms with Crippen molar-refractivity contribution in [1.29, 1.82) is 0 Å². The fraction of sp³-hybridized carbons (Fsp3) is 0.333. The molecule has 0 saturated carbocycles. The maximum absolute atomic E-state index is 13.3. The zero-order chi connectivity index (χ0) is 25.0. The van der Waals surface area contributed by atoms with Gasteiger partial charge < -0.3 is 14.2 Å². The van der Waals surface area contributed by atoms with Gasteiger partial charge in [0.2, 0.25) is 0 Å².